The maximum atomic E-state index is 13.5. The van der Waals surface area contributed by atoms with Crippen LogP contribution in [0.3, 0.4) is 0 Å². The number of benzene rings is 2. The van der Waals surface area contributed by atoms with E-state index in [1.54, 1.807) is 18.7 Å². The zero-order valence-corrected chi connectivity index (χ0v) is 21.3. The fourth-order valence-corrected chi connectivity index (χ4v) is 4.85. The molecule has 10 nitrogen and oxygen atoms in total. The Hall–Kier alpha value is -4.47. The minimum Gasteiger partial charge on any atom is -0.361 e. The number of aryl methyl sites for hydroxylation is 1. The average molecular weight is 515 g/mol. The maximum Gasteiger partial charge on any atom is 0.274 e. The van der Waals surface area contributed by atoms with Crippen molar-refractivity contribution in [3.63, 3.8) is 0 Å². The number of imidazole rings is 1. The number of hydrogen-bond acceptors (Lipinski definition) is 6. The highest BCUT2D eigenvalue weighted by Gasteiger charge is 2.34. The summed E-state index contributed by atoms with van der Waals surface area (Å²) in [5.41, 5.74) is 2.73. The lowest BCUT2D eigenvalue weighted by Gasteiger charge is -2.27. The summed E-state index contributed by atoms with van der Waals surface area (Å²) in [5.74, 6) is -0.243. The maximum absolute atomic E-state index is 13.5. The molecule has 5 rings (SSSR count). The number of para-hydroxylation sites is 2. The first-order valence-electron chi connectivity index (χ1n) is 12.7. The molecule has 196 valence electrons. The Bertz CT molecular complexity index is 1410. The number of H-pyrrole nitrogens is 1. The van der Waals surface area contributed by atoms with Crippen molar-refractivity contribution in [3.05, 3.63) is 83.5 Å². The van der Waals surface area contributed by atoms with Crippen molar-refractivity contribution in [2.45, 2.75) is 51.2 Å². The summed E-state index contributed by atoms with van der Waals surface area (Å²) >= 11 is 0. The zero-order chi connectivity index (χ0) is 26.6. The molecule has 38 heavy (non-hydrogen) atoms. The van der Waals surface area contributed by atoms with Gasteiger partial charge in [0.2, 0.25) is 11.8 Å². The number of amides is 3. The molecule has 2 aromatic carbocycles. The molecule has 3 N–H and O–H groups in total. The van der Waals surface area contributed by atoms with Crippen molar-refractivity contribution in [1.29, 1.82) is 0 Å². The second kappa shape index (κ2) is 10.9. The number of aromatic nitrogens is 3. The van der Waals surface area contributed by atoms with Crippen LogP contribution in [0.15, 0.2) is 65.2 Å². The van der Waals surface area contributed by atoms with E-state index in [0.717, 1.165) is 29.4 Å². The fourth-order valence-electron chi connectivity index (χ4n) is 4.85. The van der Waals surface area contributed by atoms with Crippen LogP contribution < -0.4 is 10.6 Å². The molecule has 1 saturated heterocycles. The van der Waals surface area contributed by atoms with Crippen LogP contribution in [0.25, 0.3) is 11.0 Å². The van der Waals surface area contributed by atoms with Gasteiger partial charge >= 0.3 is 0 Å². The highest BCUT2D eigenvalue weighted by atomic mass is 16.5. The Labute approximate surface area is 219 Å². The third-order valence-corrected chi connectivity index (χ3v) is 6.80. The molecule has 3 atom stereocenters. The van der Waals surface area contributed by atoms with Gasteiger partial charge in [-0.3, -0.25) is 14.4 Å². The Balaban J connectivity index is 1.33. The normalized spacial score (nSPS) is 16.8. The Morgan fingerprint density at radius 3 is 2.61 bits per heavy atom. The van der Waals surface area contributed by atoms with Gasteiger partial charge in [-0.05, 0) is 44.4 Å². The second-order valence-corrected chi connectivity index (χ2v) is 9.58. The number of carbonyl (C=O) groups excluding carboxylic acids is 3. The van der Waals surface area contributed by atoms with E-state index in [9.17, 15) is 14.4 Å². The van der Waals surface area contributed by atoms with Crippen molar-refractivity contribution in [3.8, 4) is 0 Å². The second-order valence-electron chi connectivity index (χ2n) is 9.58. The first-order valence-corrected chi connectivity index (χ1v) is 12.7. The lowest BCUT2D eigenvalue weighted by Crippen LogP contribution is -2.50. The minimum absolute atomic E-state index is 0.0430. The van der Waals surface area contributed by atoms with E-state index >= 15 is 0 Å². The van der Waals surface area contributed by atoms with Gasteiger partial charge in [-0.15, -0.1) is 0 Å². The van der Waals surface area contributed by atoms with Crippen molar-refractivity contribution < 1.29 is 18.9 Å². The van der Waals surface area contributed by atoms with Gasteiger partial charge in [-0.25, -0.2) is 4.98 Å². The van der Waals surface area contributed by atoms with E-state index in [4.69, 9.17) is 4.52 Å². The Kier molecular flexibility index (Phi) is 7.21. The van der Waals surface area contributed by atoms with Gasteiger partial charge in [0, 0.05) is 12.6 Å². The summed E-state index contributed by atoms with van der Waals surface area (Å²) < 4.78 is 5.01. The molecule has 2 unspecified atom stereocenters. The predicted octanol–water partition coefficient (Wildman–Crippen LogP) is 3.59. The van der Waals surface area contributed by atoms with E-state index in [0.29, 0.717) is 18.1 Å². The van der Waals surface area contributed by atoms with Gasteiger partial charge in [0.25, 0.3) is 5.91 Å². The lowest BCUT2D eigenvalue weighted by molar-refractivity contribution is -0.135. The van der Waals surface area contributed by atoms with Crippen LogP contribution in [0.2, 0.25) is 0 Å². The summed E-state index contributed by atoms with van der Waals surface area (Å²) in [7, 11) is 0. The third-order valence-electron chi connectivity index (χ3n) is 6.80. The number of aromatic amines is 1. The fraction of sp³-hybridized carbons (Fsp3) is 0.321. The third kappa shape index (κ3) is 5.44. The van der Waals surface area contributed by atoms with E-state index in [1.807, 2.05) is 54.6 Å². The molecule has 0 aliphatic carbocycles. The van der Waals surface area contributed by atoms with Gasteiger partial charge in [0.05, 0.1) is 29.5 Å². The van der Waals surface area contributed by atoms with Crippen molar-refractivity contribution in [1.82, 2.24) is 30.7 Å². The lowest BCUT2D eigenvalue weighted by atomic mass is 10.0. The quantitative estimate of drug-likeness (QED) is 0.329. The first-order chi connectivity index (χ1) is 18.4. The molecule has 10 heteroatoms. The number of nitrogens with zero attached hydrogens (tertiary/aromatic N) is 3. The van der Waals surface area contributed by atoms with Crippen LogP contribution in [0.5, 0.6) is 0 Å². The van der Waals surface area contributed by atoms with Crippen molar-refractivity contribution >= 4 is 28.8 Å². The van der Waals surface area contributed by atoms with Crippen LogP contribution in [0.1, 0.15) is 65.9 Å². The molecule has 1 fully saturated rings. The molecule has 1 aliphatic heterocycles. The smallest absolute Gasteiger partial charge is 0.274 e. The molecule has 0 saturated carbocycles. The first kappa shape index (κ1) is 25.2. The number of likely N-dealkylation sites (tertiary alicyclic amines) is 1. The summed E-state index contributed by atoms with van der Waals surface area (Å²) in [4.78, 5) is 49.3. The average Bonchev–Trinajstić information content (AvgIpc) is 3.68. The Morgan fingerprint density at radius 2 is 1.87 bits per heavy atom. The van der Waals surface area contributed by atoms with Gasteiger partial charge in [0.1, 0.15) is 17.6 Å². The SMILES string of the molecule is Cc1cc(C(=O)NC(CC(=O)N2CCCC2c2ccccc2)C(=O)N[C@@H](C)c2nc3ccccc3[nH]2)no1. The molecular formula is C28H30N6O4. The molecule has 2 aromatic heterocycles. The molecular weight excluding hydrogens is 484 g/mol. The monoisotopic (exact) mass is 514 g/mol. The predicted molar refractivity (Wildman–Crippen MR) is 140 cm³/mol. The van der Waals surface area contributed by atoms with Crippen molar-refractivity contribution in [2.75, 3.05) is 6.54 Å². The highest BCUT2D eigenvalue weighted by molar-refractivity contribution is 5.98. The largest absolute Gasteiger partial charge is 0.361 e. The number of nitrogens with one attached hydrogen (secondary N) is 3. The van der Waals surface area contributed by atoms with E-state index in [1.165, 1.54) is 6.07 Å². The van der Waals surface area contributed by atoms with E-state index < -0.39 is 23.9 Å². The van der Waals surface area contributed by atoms with Crippen LogP contribution >= 0.6 is 0 Å². The van der Waals surface area contributed by atoms with Crippen molar-refractivity contribution in [2.24, 2.45) is 0 Å². The van der Waals surface area contributed by atoms with Gasteiger partial charge < -0.3 is 25.0 Å². The van der Waals surface area contributed by atoms with Crippen LogP contribution in [0, 0.1) is 6.92 Å². The molecule has 0 spiro atoms. The zero-order valence-electron chi connectivity index (χ0n) is 21.3. The molecule has 3 heterocycles. The molecule has 3 amide bonds. The summed E-state index contributed by atoms with van der Waals surface area (Å²) in [6.07, 6.45) is 1.53. The van der Waals surface area contributed by atoms with Gasteiger partial charge in [-0.2, -0.15) is 0 Å². The van der Waals surface area contributed by atoms with Gasteiger partial charge in [0.15, 0.2) is 5.69 Å². The number of hydrogen-bond donors (Lipinski definition) is 3. The minimum atomic E-state index is -1.11. The summed E-state index contributed by atoms with van der Waals surface area (Å²) in [5, 5.41) is 9.32. The van der Waals surface area contributed by atoms with Crippen LogP contribution in [0.4, 0.5) is 0 Å². The van der Waals surface area contributed by atoms with Crippen LogP contribution in [-0.4, -0.2) is 50.3 Å². The topological polar surface area (TPSA) is 133 Å². The van der Waals surface area contributed by atoms with Crippen LogP contribution in [-0.2, 0) is 9.59 Å². The molecule has 1 aliphatic rings. The number of carbonyl (C=O) groups is 3. The van der Waals surface area contributed by atoms with E-state index in [-0.39, 0.29) is 24.1 Å². The molecule has 0 radical (unpaired) electrons. The summed E-state index contributed by atoms with van der Waals surface area (Å²) in [6, 6.07) is 17.2. The Morgan fingerprint density at radius 1 is 1.11 bits per heavy atom. The standard InChI is InChI=1S/C28H30N6O4/c1-17-15-23(33-38-17)28(37)32-22(16-25(35)34-14-8-13-24(34)19-9-4-3-5-10-19)27(36)29-18(2)26-30-20-11-6-7-12-21(20)31-26/h3-7,9-12,15,18,22,24H,8,13-14,16H2,1-2H3,(H,29,36)(H,30,31)(H,32,37)/t18-,22?,24?/m0/s1. The number of fused-ring (bicyclic) bond motifs is 1. The summed E-state index contributed by atoms with van der Waals surface area (Å²) in [6.45, 7) is 4.06. The molecule has 4 aromatic rings. The van der Waals surface area contributed by atoms with E-state index in [2.05, 4.69) is 25.8 Å². The molecule has 0 bridgehead atoms. The van der Waals surface area contributed by atoms with Gasteiger partial charge in [-0.1, -0.05) is 47.6 Å². The highest BCUT2D eigenvalue weighted by Crippen LogP contribution is 2.32. The number of rotatable bonds is 8.